The monoisotopic (exact) mass is 418 g/mol. The third-order valence-corrected chi connectivity index (χ3v) is 5.22. The van der Waals surface area contributed by atoms with Crippen LogP contribution in [0.4, 0.5) is 0 Å². The van der Waals surface area contributed by atoms with Gasteiger partial charge in [-0.1, -0.05) is 47.7 Å². The summed E-state index contributed by atoms with van der Waals surface area (Å²) >= 11 is 1.47. The van der Waals surface area contributed by atoms with Crippen LogP contribution in [0.3, 0.4) is 0 Å². The lowest BCUT2D eigenvalue weighted by Crippen LogP contribution is -2.27. The molecule has 1 aromatic heterocycles. The van der Waals surface area contributed by atoms with Gasteiger partial charge >= 0.3 is 0 Å². The fourth-order valence-corrected chi connectivity index (χ4v) is 3.63. The van der Waals surface area contributed by atoms with Crippen LogP contribution in [-0.2, 0) is 17.8 Å². The Bertz CT molecular complexity index is 915. The average Bonchev–Trinajstić information content (AvgIpc) is 3.18. The Kier molecular flexibility index (Phi) is 7.92. The molecule has 0 aliphatic rings. The number of nitrogens with zero attached hydrogens (tertiary/aromatic N) is 2. The molecule has 1 amide bonds. The maximum atomic E-state index is 11.7. The zero-order valence-corrected chi connectivity index (χ0v) is 17.3. The standard InChI is InChI=1S/C20H22N4O2S.ClH/c1-13(25)22-18(10-14-6-8-15(12-21)9-7-14)20-24-23-19(27-20)16-4-3-5-17(11-16)26-2;/h3-9,11,18H,10,12,21H2,1-2H3,(H,22,25);1H. The summed E-state index contributed by atoms with van der Waals surface area (Å²) in [5.74, 6) is 0.666. The molecule has 0 fully saturated rings. The van der Waals surface area contributed by atoms with Gasteiger partial charge in [0.05, 0.1) is 13.2 Å². The van der Waals surface area contributed by atoms with E-state index in [0.29, 0.717) is 13.0 Å². The minimum Gasteiger partial charge on any atom is -0.497 e. The number of nitrogens with two attached hydrogens (primary N) is 1. The van der Waals surface area contributed by atoms with Gasteiger partial charge in [-0.25, -0.2) is 0 Å². The van der Waals surface area contributed by atoms with E-state index in [1.54, 1.807) is 7.11 Å². The SMILES string of the molecule is COc1cccc(-c2nnc(C(Cc3ccc(CN)cc3)NC(C)=O)s2)c1.Cl. The van der Waals surface area contributed by atoms with Gasteiger partial charge in [-0.15, -0.1) is 22.6 Å². The van der Waals surface area contributed by atoms with Crippen molar-refractivity contribution < 1.29 is 9.53 Å². The van der Waals surface area contributed by atoms with Gasteiger partial charge in [0.2, 0.25) is 5.91 Å². The van der Waals surface area contributed by atoms with Crippen LogP contribution >= 0.6 is 23.7 Å². The maximum absolute atomic E-state index is 11.7. The third kappa shape index (κ3) is 5.51. The Hall–Kier alpha value is -2.48. The molecule has 2 aromatic carbocycles. The Morgan fingerprint density at radius 1 is 1.18 bits per heavy atom. The molecule has 0 spiro atoms. The maximum Gasteiger partial charge on any atom is 0.217 e. The van der Waals surface area contributed by atoms with Gasteiger partial charge in [0.25, 0.3) is 0 Å². The topological polar surface area (TPSA) is 90.1 Å². The van der Waals surface area contributed by atoms with Crippen molar-refractivity contribution in [3.05, 3.63) is 64.7 Å². The van der Waals surface area contributed by atoms with Crippen LogP contribution in [0.25, 0.3) is 10.6 Å². The van der Waals surface area contributed by atoms with Gasteiger partial charge < -0.3 is 15.8 Å². The lowest BCUT2D eigenvalue weighted by atomic mass is 10.0. The van der Waals surface area contributed by atoms with E-state index in [1.807, 2.05) is 48.5 Å². The van der Waals surface area contributed by atoms with E-state index in [4.69, 9.17) is 10.5 Å². The summed E-state index contributed by atoms with van der Waals surface area (Å²) in [5.41, 5.74) is 8.77. The van der Waals surface area contributed by atoms with E-state index >= 15 is 0 Å². The normalized spacial score (nSPS) is 11.4. The first-order chi connectivity index (χ1) is 13.1. The smallest absolute Gasteiger partial charge is 0.217 e. The molecular formula is C20H23ClN4O2S. The second-order valence-corrected chi connectivity index (χ2v) is 7.16. The molecule has 0 bridgehead atoms. The van der Waals surface area contributed by atoms with Crippen molar-refractivity contribution in [1.82, 2.24) is 15.5 Å². The fraction of sp³-hybridized carbons (Fsp3) is 0.250. The minimum absolute atomic E-state index is 0. The van der Waals surface area contributed by atoms with Gasteiger partial charge in [0.1, 0.15) is 15.8 Å². The lowest BCUT2D eigenvalue weighted by Gasteiger charge is -2.15. The number of carbonyl (C=O) groups excluding carboxylic acids is 1. The number of hydrogen-bond donors (Lipinski definition) is 2. The van der Waals surface area contributed by atoms with Gasteiger partial charge in [-0.2, -0.15) is 0 Å². The van der Waals surface area contributed by atoms with Crippen molar-refractivity contribution >= 4 is 29.7 Å². The highest BCUT2D eigenvalue weighted by atomic mass is 35.5. The molecule has 0 saturated heterocycles. The van der Waals surface area contributed by atoms with E-state index in [0.717, 1.165) is 32.5 Å². The molecule has 28 heavy (non-hydrogen) atoms. The molecule has 8 heteroatoms. The van der Waals surface area contributed by atoms with Crippen molar-refractivity contribution in [2.45, 2.75) is 25.9 Å². The van der Waals surface area contributed by atoms with E-state index in [1.165, 1.54) is 18.3 Å². The third-order valence-electron chi connectivity index (χ3n) is 4.13. The van der Waals surface area contributed by atoms with E-state index in [9.17, 15) is 4.79 Å². The molecule has 1 heterocycles. The summed E-state index contributed by atoms with van der Waals surface area (Å²) in [6, 6.07) is 15.5. The molecule has 148 valence electrons. The number of nitrogens with one attached hydrogen (secondary N) is 1. The van der Waals surface area contributed by atoms with Crippen molar-refractivity contribution in [2.24, 2.45) is 5.73 Å². The van der Waals surface area contributed by atoms with Gasteiger partial charge in [0.15, 0.2) is 0 Å². The zero-order valence-electron chi connectivity index (χ0n) is 15.7. The first-order valence-electron chi connectivity index (χ1n) is 8.62. The van der Waals surface area contributed by atoms with E-state index in [-0.39, 0.29) is 24.4 Å². The van der Waals surface area contributed by atoms with Crippen molar-refractivity contribution in [2.75, 3.05) is 7.11 Å². The van der Waals surface area contributed by atoms with Crippen LogP contribution < -0.4 is 15.8 Å². The van der Waals surface area contributed by atoms with Crippen LogP contribution in [-0.4, -0.2) is 23.2 Å². The Balaban J connectivity index is 0.00000280. The number of benzene rings is 2. The molecule has 0 aliphatic carbocycles. The quantitative estimate of drug-likeness (QED) is 0.612. The second-order valence-electron chi connectivity index (χ2n) is 6.16. The molecule has 1 unspecified atom stereocenters. The summed E-state index contributed by atoms with van der Waals surface area (Å²) in [6.45, 7) is 2.02. The molecule has 0 saturated carbocycles. The highest BCUT2D eigenvalue weighted by Crippen LogP contribution is 2.30. The van der Waals surface area contributed by atoms with Crippen LogP contribution in [0.1, 0.15) is 29.1 Å². The summed E-state index contributed by atoms with van der Waals surface area (Å²) in [7, 11) is 1.63. The number of methoxy groups -OCH3 is 1. The second kappa shape index (κ2) is 10.2. The van der Waals surface area contributed by atoms with Gasteiger partial charge in [-0.05, 0) is 29.7 Å². The first-order valence-corrected chi connectivity index (χ1v) is 9.43. The highest BCUT2D eigenvalue weighted by molar-refractivity contribution is 7.14. The number of rotatable bonds is 7. The van der Waals surface area contributed by atoms with Crippen LogP contribution in [0.5, 0.6) is 5.75 Å². The summed E-state index contributed by atoms with van der Waals surface area (Å²) in [4.78, 5) is 11.7. The van der Waals surface area contributed by atoms with Gasteiger partial charge in [0, 0.05) is 19.0 Å². The van der Waals surface area contributed by atoms with Crippen LogP contribution in [0, 0.1) is 0 Å². The summed E-state index contributed by atoms with van der Waals surface area (Å²) in [5, 5.41) is 13.2. The molecule has 0 aliphatic heterocycles. The number of halogens is 1. The van der Waals surface area contributed by atoms with Crippen LogP contribution in [0.15, 0.2) is 48.5 Å². The molecule has 6 nitrogen and oxygen atoms in total. The zero-order chi connectivity index (χ0) is 19.2. The van der Waals surface area contributed by atoms with E-state index in [2.05, 4.69) is 15.5 Å². The number of hydrogen-bond acceptors (Lipinski definition) is 6. The molecule has 3 aromatic rings. The molecule has 0 radical (unpaired) electrons. The van der Waals surface area contributed by atoms with Crippen LogP contribution in [0.2, 0.25) is 0 Å². The Morgan fingerprint density at radius 2 is 1.89 bits per heavy atom. The largest absolute Gasteiger partial charge is 0.497 e. The van der Waals surface area contributed by atoms with Crippen molar-refractivity contribution in [3.63, 3.8) is 0 Å². The lowest BCUT2D eigenvalue weighted by molar-refractivity contribution is -0.119. The average molecular weight is 419 g/mol. The predicted molar refractivity (Wildman–Crippen MR) is 114 cm³/mol. The number of aromatic nitrogens is 2. The summed E-state index contributed by atoms with van der Waals surface area (Å²) < 4.78 is 5.27. The highest BCUT2D eigenvalue weighted by Gasteiger charge is 2.19. The molecule has 1 atom stereocenters. The van der Waals surface area contributed by atoms with Crippen molar-refractivity contribution in [1.29, 1.82) is 0 Å². The predicted octanol–water partition coefficient (Wildman–Crippen LogP) is 3.51. The Morgan fingerprint density at radius 3 is 2.54 bits per heavy atom. The van der Waals surface area contributed by atoms with Crippen molar-refractivity contribution in [3.8, 4) is 16.3 Å². The van der Waals surface area contributed by atoms with Gasteiger partial charge in [-0.3, -0.25) is 4.79 Å². The molecule has 3 N–H and O–H groups in total. The number of amides is 1. The number of ether oxygens (including phenoxy) is 1. The number of carbonyl (C=O) groups is 1. The Labute approximate surface area is 174 Å². The molecule has 3 rings (SSSR count). The minimum atomic E-state index is -0.233. The first kappa shape index (κ1) is 21.8. The fourth-order valence-electron chi connectivity index (χ4n) is 2.74. The van der Waals surface area contributed by atoms with E-state index < -0.39 is 0 Å². The molecular weight excluding hydrogens is 396 g/mol. The summed E-state index contributed by atoms with van der Waals surface area (Å²) in [6.07, 6.45) is 0.636.